The SMILES string of the molecule is Cc1cccc(-c2ccc(NC(=O)C3CCN(C(=O)[C@H]4CC=CCC4)CC3)cc2)c1. The molecule has 30 heavy (non-hydrogen) atoms. The molecule has 2 aromatic rings. The number of hydrogen-bond donors (Lipinski definition) is 1. The van der Waals surface area contributed by atoms with Gasteiger partial charge in [0.15, 0.2) is 0 Å². The molecule has 4 heteroatoms. The Morgan fingerprint density at radius 1 is 0.900 bits per heavy atom. The summed E-state index contributed by atoms with van der Waals surface area (Å²) in [5.74, 6) is 0.431. The summed E-state index contributed by atoms with van der Waals surface area (Å²) in [6, 6.07) is 16.4. The third kappa shape index (κ3) is 4.81. The van der Waals surface area contributed by atoms with E-state index in [9.17, 15) is 9.59 Å². The summed E-state index contributed by atoms with van der Waals surface area (Å²) in [7, 11) is 0. The molecular weight excluding hydrogens is 372 g/mol. The van der Waals surface area contributed by atoms with E-state index >= 15 is 0 Å². The number of likely N-dealkylation sites (tertiary alicyclic amines) is 1. The largest absolute Gasteiger partial charge is 0.342 e. The summed E-state index contributed by atoms with van der Waals surface area (Å²) in [5, 5.41) is 3.06. The van der Waals surface area contributed by atoms with Crippen molar-refractivity contribution in [2.24, 2.45) is 11.8 Å². The molecule has 4 nitrogen and oxygen atoms in total. The molecule has 1 heterocycles. The lowest BCUT2D eigenvalue weighted by molar-refractivity contribution is -0.138. The van der Waals surface area contributed by atoms with Gasteiger partial charge in [-0.3, -0.25) is 9.59 Å². The van der Waals surface area contributed by atoms with Crippen LogP contribution in [0.4, 0.5) is 5.69 Å². The second-order valence-corrected chi connectivity index (χ2v) is 8.52. The summed E-state index contributed by atoms with van der Waals surface area (Å²) in [6.07, 6.45) is 8.57. The second kappa shape index (κ2) is 9.29. The van der Waals surface area contributed by atoms with Crippen molar-refractivity contribution in [3.8, 4) is 11.1 Å². The van der Waals surface area contributed by atoms with Gasteiger partial charge < -0.3 is 10.2 Å². The van der Waals surface area contributed by atoms with Gasteiger partial charge in [-0.2, -0.15) is 0 Å². The molecule has 1 N–H and O–H groups in total. The van der Waals surface area contributed by atoms with Gasteiger partial charge in [-0.05, 0) is 62.3 Å². The number of nitrogens with one attached hydrogen (secondary N) is 1. The molecule has 4 rings (SSSR count). The number of anilines is 1. The van der Waals surface area contributed by atoms with E-state index in [1.807, 2.05) is 29.2 Å². The van der Waals surface area contributed by atoms with E-state index < -0.39 is 0 Å². The van der Waals surface area contributed by atoms with Crippen LogP contribution < -0.4 is 5.32 Å². The molecule has 0 spiro atoms. The third-order valence-electron chi connectivity index (χ3n) is 6.30. The summed E-state index contributed by atoms with van der Waals surface area (Å²) < 4.78 is 0. The molecule has 2 aliphatic rings. The van der Waals surface area contributed by atoms with Crippen LogP contribution in [0.2, 0.25) is 0 Å². The first-order chi connectivity index (χ1) is 14.6. The smallest absolute Gasteiger partial charge is 0.227 e. The van der Waals surface area contributed by atoms with Gasteiger partial charge in [0.25, 0.3) is 0 Å². The van der Waals surface area contributed by atoms with Crippen molar-refractivity contribution in [1.82, 2.24) is 4.90 Å². The lowest BCUT2D eigenvalue weighted by Crippen LogP contribution is -2.44. The molecule has 1 atom stereocenters. The van der Waals surface area contributed by atoms with Crippen molar-refractivity contribution < 1.29 is 9.59 Å². The molecule has 1 aliphatic heterocycles. The fraction of sp³-hybridized carbons (Fsp3) is 0.385. The standard InChI is InChI=1S/C26H30N2O2/c1-19-6-5-9-23(18-19)20-10-12-24(13-11-20)27-25(29)21-14-16-28(17-15-21)26(30)22-7-3-2-4-8-22/h2-3,5-6,9-13,18,21-22H,4,7-8,14-17H2,1H3,(H,27,29)/t22-/m0/s1. The quantitative estimate of drug-likeness (QED) is 0.715. The van der Waals surface area contributed by atoms with Crippen LogP contribution in [0.15, 0.2) is 60.7 Å². The summed E-state index contributed by atoms with van der Waals surface area (Å²) in [5.41, 5.74) is 4.37. The number of carbonyl (C=O) groups is 2. The fourth-order valence-corrected chi connectivity index (χ4v) is 4.45. The Kier molecular flexibility index (Phi) is 6.32. The molecule has 0 radical (unpaired) electrons. The van der Waals surface area contributed by atoms with E-state index in [0.29, 0.717) is 13.1 Å². The van der Waals surface area contributed by atoms with Gasteiger partial charge in [0.1, 0.15) is 0 Å². The second-order valence-electron chi connectivity index (χ2n) is 8.52. The molecular formula is C26H30N2O2. The van der Waals surface area contributed by atoms with Crippen LogP contribution in [0.5, 0.6) is 0 Å². The van der Waals surface area contributed by atoms with Crippen LogP contribution in [-0.2, 0) is 9.59 Å². The molecule has 0 saturated carbocycles. The Balaban J connectivity index is 1.29. The lowest BCUT2D eigenvalue weighted by atomic mass is 9.90. The normalized spacial score (nSPS) is 19.5. The molecule has 2 aromatic carbocycles. The highest BCUT2D eigenvalue weighted by atomic mass is 16.2. The summed E-state index contributed by atoms with van der Waals surface area (Å²) >= 11 is 0. The number of piperidine rings is 1. The first kappa shape index (κ1) is 20.4. The minimum Gasteiger partial charge on any atom is -0.342 e. The van der Waals surface area contributed by atoms with E-state index in [1.54, 1.807) is 0 Å². The molecule has 2 amide bonds. The van der Waals surface area contributed by atoms with Gasteiger partial charge in [-0.25, -0.2) is 0 Å². The highest BCUT2D eigenvalue weighted by Gasteiger charge is 2.30. The summed E-state index contributed by atoms with van der Waals surface area (Å²) in [4.78, 5) is 27.4. The van der Waals surface area contributed by atoms with Crippen molar-refractivity contribution in [2.45, 2.75) is 39.0 Å². The van der Waals surface area contributed by atoms with E-state index in [1.165, 1.54) is 11.1 Å². The van der Waals surface area contributed by atoms with E-state index in [-0.39, 0.29) is 23.7 Å². The number of amides is 2. The van der Waals surface area contributed by atoms with Crippen LogP contribution in [0.25, 0.3) is 11.1 Å². The highest BCUT2D eigenvalue weighted by Crippen LogP contribution is 2.26. The first-order valence-electron chi connectivity index (χ1n) is 11.0. The number of rotatable bonds is 4. The van der Waals surface area contributed by atoms with Crippen molar-refractivity contribution in [2.75, 3.05) is 18.4 Å². The molecule has 0 bridgehead atoms. The predicted octanol–water partition coefficient (Wildman–Crippen LogP) is 5.20. The molecule has 156 valence electrons. The lowest BCUT2D eigenvalue weighted by Gasteiger charge is -2.34. The van der Waals surface area contributed by atoms with Crippen molar-refractivity contribution >= 4 is 17.5 Å². The molecule has 1 saturated heterocycles. The van der Waals surface area contributed by atoms with Crippen molar-refractivity contribution in [1.29, 1.82) is 0 Å². The average molecular weight is 403 g/mol. The number of carbonyl (C=O) groups excluding carboxylic acids is 2. The molecule has 1 aliphatic carbocycles. The van der Waals surface area contributed by atoms with Crippen molar-refractivity contribution in [3.05, 3.63) is 66.2 Å². The predicted molar refractivity (Wildman–Crippen MR) is 121 cm³/mol. The third-order valence-corrected chi connectivity index (χ3v) is 6.30. The Labute approximate surface area is 179 Å². The molecule has 0 unspecified atom stereocenters. The van der Waals surface area contributed by atoms with Crippen LogP contribution in [-0.4, -0.2) is 29.8 Å². The zero-order chi connectivity index (χ0) is 20.9. The minimum absolute atomic E-state index is 0.0308. The van der Waals surface area contributed by atoms with E-state index in [2.05, 4.69) is 48.7 Å². The van der Waals surface area contributed by atoms with Gasteiger partial charge >= 0.3 is 0 Å². The Hall–Kier alpha value is -2.88. The Morgan fingerprint density at radius 3 is 2.33 bits per heavy atom. The van der Waals surface area contributed by atoms with Crippen LogP contribution >= 0.6 is 0 Å². The zero-order valence-corrected chi connectivity index (χ0v) is 17.6. The van der Waals surface area contributed by atoms with Gasteiger partial charge in [-0.1, -0.05) is 54.1 Å². The number of benzene rings is 2. The monoisotopic (exact) mass is 402 g/mol. The maximum absolute atomic E-state index is 12.7. The van der Waals surface area contributed by atoms with E-state index in [4.69, 9.17) is 0 Å². The maximum atomic E-state index is 12.7. The zero-order valence-electron chi connectivity index (χ0n) is 17.6. The minimum atomic E-state index is -0.0308. The topological polar surface area (TPSA) is 49.4 Å². The van der Waals surface area contributed by atoms with E-state index in [0.717, 1.165) is 43.4 Å². The molecule has 0 aromatic heterocycles. The maximum Gasteiger partial charge on any atom is 0.227 e. The van der Waals surface area contributed by atoms with Gasteiger partial charge in [0.2, 0.25) is 11.8 Å². The summed E-state index contributed by atoms with van der Waals surface area (Å²) in [6.45, 7) is 3.45. The Morgan fingerprint density at radius 2 is 1.67 bits per heavy atom. The van der Waals surface area contributed by atoms with Gasteiger partial charge in [0, 0.05) is 30.6 Å². The van der Waals surface area contributed by atoms with Crippen LogP contribution in [0.1, 0.15) is 37.7 Å². The van der Waals surface area contributed by atoms with Crippen LogP contribution in [0, 0.1) is 18.8 Å². The van der Waals surface area contributed by atoms with Gasteiger partial charge in [-0.15, -0.1) is 0 Å². The molecule has 1 fully saturated rings. The van der Waals surface area contributed by atoms with Crippen molar-refractivity contribution in [3.63, 3.8) is 0 Å². The van der Waals surface area contributed by atoms with Crippen LogP contribution in [0.3, 0.4) is 0 Å². The average Bonchev–Trinajstić information content (AvgIpc) is 2.80. The van der Waals surface area contributed by atoms with Gasteiger partial charge in [0.05, 0.1) is 0 Å². The first-order valence-corrected chi connectivity index (χ1v) is 11.0. The fourth-order valence-electron chi connectivity index (χ4n) is 4.45. The number of hydrogen-bond acceptors (Lipinski definition) is 2. The highest BCUT2D eigenvalue weighted by molar-refractivity contribution is 5.93. The number of allylic oxidation sites excluding steroid dienone is 2. The number of nitrogens with zero attached hydrogens (tertiary/aromatic N) is 1. The Bertz CT molecular complexity index is 924. The number of aryl methyl sites for hydroxylation is 1.